The topological polar surface area (TPSA) is 103 Å². The molecule has 1 heterocycles. The summed E-state index contributed by atoms with van der Waals surface area (Å²) in [5.74, 6) is 1.47. The molecule has 142 valence electrons. The molecule has 1 amide bonds. The van der Waals surface area contributed by atoms with E-state index in [-0.39, 0.29) is 11.8 Å². The van der Waals surface area contributed by atoms with E-state index in [0.29, 0.717) is 12.4 Å². The first kappa shape index (κ1) is 23.0. The number of primary amides is 1. The summed E-state index contributed by atoms with van der Waals surface area (Å²) >= 11 is 0. The van der Waals surface area contributed by atoms with E-state index in [1.807, 2.05) is 30.3 Å². The number of hydrogen-bond acceptors (Lipinski definition) is 5. The van der Waals surface area contributed by atoms with Crippen molar-refractivity contribution in [3.8, 4) is 0 Å². The largest absolute Gasteiger partial charge is 0.389 e. The maximum Gasteiger partial charge on any atom is 0.204 e. The molecule has 0 atom stereocenters. The van der Waals surface area contributed by atoms with Crippen molar-refractivity contribution in [3.05, 3.63) is 53.4 Å². The maximum atomic E-state index is 8.58. The van der Waals surface area contributed by atoms with Gasteiger partial charge in [0.2, 0.25) is 6.41 Å². The monoisotopic (exact) mass is 360 g/mol. The van der Waals surface area contributed by atoms with E-state index in [0.717, 1.165) is 11.3 Å². The van der Waals surface area contributed by atoms with Crippen molar-refractivity contribution < 1.29 is 14.2 Å². The highest BCUT2D eigenvalue weighted by Crippen LogP contribution is 2.20. The number of carbonyl (C=O) groups is 1. The first-order chi connectivity index (χ1) is 12.2. The predicted octanol–water partition coefficient (Wildman–Crippen LogP) is 3.62. The number of aromatic nitrogens is 1. The lowest BCUT2D eigenvalue weighted by Gasteiger charge is -2.11. The van der Waals surface area contributed by atoms with Gasteiger partial charge in [-0.15, -0.1) is 0 Å². The van der Waals surface area contributed by atoms with Gasteiger partial charge in [0.1, 0.15) is 12.4 Å². The average molecular weight is 360 g/mol. The van der Waals surface area contributed by atoms with Crippen molar-refractivity contribution >= 4 is 19.0 Å². The predicted molar refractivity (Wildman–Crippen MR) is 104 cm³/mol. The van der Waals surface area contributed by atoms with Crippen LogP contribution in [0.4, 0.5) is 0 Å². The molecule has 2 rings (SSSR count). The number of nitrogens with zero attached hydrogens (tertiary/aromatic N) is 3. The van der Waals surface area contributed by atoms with Crippen LogP contribution >= 0.6 is 0 Å². The van der Waals surface area contributed by atoms with Crippen LogP contribution < -0.4 is 5.73 Å². The quantitative estimate of drug-likeness (QED) is 0.391. The standard InChI is InChI=1S/C11H14N2O.C7H11NO.CH3NO/c1-9-4-6-11(7-5-9)8-14-13-10(2)12-3;1-7(2,3)6-4-5-8-9-6;2-1-3/h4-7H,3,8H2,1-2H3;4-5H,1-3H3;1H,(H2,2,3)/b13-10-;;. The van der Waals surface area contributed by atoms with E-state index in [1.54, 1.807) is 13.1 Å². The Morgan fingerprint density at radius 2 is 1.88 bits per heavy atom. The second-order valence-corrected chi connectivity index (χ2v) is 6.32. The molecule has 0 aliphatic heterocycles. The van der Waals surface area contributed by atoms with Gasteiger partial charge in [0.25, 0.3) is 0 Å². The van der Waals surface area contributed by atoms with E-state index >= 15 is 0 Å². The van der Waals surface area contributed by atoms with Crippen LogP contribution in [0.3, 0.4) is 0 Å². The minimum Gasteiger partial charge on any atom is -0.389 e. The summed E-state index contributed by atoms with van der Waals surface area (Å²) in [5, 5.41) is 7.36. The van der Waals surface area contributed by atoms with E-state index in [9.17, 15) is 0 Å². The van der Waals surface area contributed by atoms with Crippen LogP contribution in [0.1, 0.15) is 44.6 Å². The van der Waals surface area contributed by atoms with Crippen molar-refractivity contribution in [1.82, 2.24) is 5.16 Å². The van der Waals surface area contributed by atoms with E-state index < -0.39 is 0 Å². The summed E-state index contributed by atoms with van der Waals surface area (Å²) in [5.41, 5.74) is 6.59. The number of rotatable bonds is 3. The van der Waals surface area contributed by atoms with Gasteiger partial charge in [0.15, 0.2) is 5.84 Å². The summed E-state index contributed by atoms with van der Waals surface area (Å²) in [6.45, 7) is 13.9. The molecule has 2 aromatic rings. The third-order valence-electron chi connectivity index (χ3n) is 2.95. The third kappa shape index (κ3) is 10.7. The fraction of sp³-hybridized carbons (Fsp3) is 0.368. The van der Waals surface area contributed by atoms with E-state index in [2.05, 4.69) is 55.5 Å². The third-order valence-corrected chi connectivity index (χ3v) is 2.95. The highest BCUT2D eigenvalue weighted by atomic mass is 16.6. The normalized spacial score (nSPS) is 10.6. The SMILES string of the molecule is C=N/C(C)=N\OCc1ccc(C)cc1.CC(C)(C)c1ccno1.NC=O. The van der Waals surface area contributed by atoms with Crippen molar-refractivity contribution in [1.29, 1.82) is 0 Å². The van der Waals surface area contributed by atoms with Gasteiger partial charge in [0.05, 0.1) is 6.20 Å². The van der Waals surface area contributed by atoms with Crippen LogP contribution in [0.15, 0.2) is 51.2 Å². The lowest BCUT2D eigenvalue weighted by molar-refractivity contribution is -0.106. The molecule has 0 saturated carbocycles. The van der Waals surface area contributed by atoms with Gasteiger partial charge >= 0.3 is 0 Å². The summed E-state index contributed by atoms with van der Waals surface area (Å²) < 4.78 is 4.95. The molecule has 0 fully saturated rings. The first-order valence-electron chi connectivity index (χ1n) is 8.00. The number of hydrogen-bond donors (Lipinski definition) is 1. The van der Waals surface area contributed by atoms with Crippen LogP contribution in [-0.4, -0.2) is 24.1 Å². The summed E-state index contributed by atoms with van der Waals surface area (Å²) in [6.07, 6.45) is 1.92. The highest BCUT2D eigenvalue weighted by molar-refractivity contribution is 5.83. The fourth-order valence-corrected chi connectivity index (χ4v) is 1.52. The number of amidine groups is 1. The molecule has 1 aromatic carbocycles. The number of benzene rings is 1. The van der Waals surface area contributed by atoms with Crippen molar-refractivity contribution in [2.75, 3.05) is 0 Å². The van der Waals surface area contributed by atoms with Gasteiger partial charge in [-0.1, -0.05) is 60.9 Å². The molecule has 26 heavy (non-hydrogen) atoms. The number of amides is 1. The molecule has 0 spiro atoms. The first-order valence-corrected chi connectivity index (χ1v) is 8.00. The molecular formula is C19H28N4O3. The van der Waals surface area contributed by atoms with Crippen LogP contribution in [0.2, 0.25) is 0 Å². The van der Waals surface area contributed by atoms with Gasteiger partial charge in [-0.05, 0) is 26.1 Å². The van der Waals surface area contributed by atoms with Crippen molar-refractivity contribution in [2.24, 2.45) is 15.9 Å². The maximum absolute atomic E-state index is 8.58. The molecule has 0 saturated heterocycles. The molecule has 0 aliphatic carbocycles. The molecule has 0 unspecified atom stereocenters. The van der Waals surface area contributed by atoms with Crippen molar-refractivity contribution in [3.63, 3.8) is 0 Å². The molecule has 0 aliphatic rings. The Kier molecular flexibility index (Phi) is 11.0. The number of aryl methyl sites for hydroxylation is 1. The Hall–Kier alpha value is -2.96. The van der Waals surface area contributed by atoms with Crippen LogP contribution in [0.25, 0.3) is 0 Å². The average Bonchev–Trinajstić information content (AvgIpc) is 3.13. The zero-order valence-electron chi connectivity index (χ0n) is 16.1. The Balaban J connectivity index is 0.000000446. The molecule has 7 heteroatoms. The molecule has 2 N–H and O–H groups in total. The Morgan fingerprint density at radius 3 is 2.27 bits per heavy atom. The fourth-order valence-electron chi connectivity index (χ4n) is 1.52. The zero-order valence-corrected chi connectivity index (χ0v) is 16.1. The lowest BCUT2D eigenvalue weighted by atomic mass is 9.94. The van der Waals surface area contributed by atoms with Crippen LogP contribution in [-0.2, 0) is 21.7 Å². The number of oxime groups is 1. The number of aliphatic imine (C=N–C) groups is 1. The summed E-state index contributed by atoms with van der Waals surface area (Å²) in [6, 6.07) is 10.0. The molecule has 1 aromatic heterocycles. The van der Waals surface area contributed by atoms with Gasteiger partial charge in [-0.25, -0.2) is 4.99 Å². The molecule has 0 radical (unpaired) electrons. The minimum absolute atomic E-state index is 0.0938. The summed E-state index contributed by atoms with van der Waals surface area (Å²) in [4.78, 5) is 17.3. The number of carbonyl (C=O) groups excluding carboxylic acids is 1. The Bertz CT molecular complexity index is 657. The van der Waals surface area contributed by atoms with Crippen LogP contribution in [0.5, 0.6) is 0 Å². The smallest absolute Gasteiger partial charge is 0.204 e. The van der Waals surface area contributed by atoms with Gasteiger partial charge in [0, 0.05) is 11.5 Å². The van der Waals surface area contributed by atoms with Gasteiger partial charge in [-0.3, -0.25) is 4.79 Å². The molecular weight excluding hydrogens is 332 g/mol. The molecule has 7 nitrogen and oxygen atoms in total. The minimum atomic E-state index is 0.0938. The van der Waals surface area contributed by atoms with E-state index in [4.69, 9.17) is 14.2 Å². The lowest BCUT2D eigenvalue weighted by Crippen LogP contribution is -2.08. The second kappa shape index (κ2) is 12.4. The van der Waals surface area contributed by atoms with Gasteiger partial charge < -0.3 is 15.1 Å². The zero-order chi connectivity index (χ0) is 20.0. The highest BCUT2D eigenvalue weighted by Gasteiger charge is 2.16. The Labute approximate surface area is 154 Å². The van der Waals surface area contributed by atoms with E-state index in [1.165, 1.54) is 5.56 Å². The molecule has 0 bridgehead atoms. The number of nitrogens with two attached hydrogens (primary N) is 1. The summed E-state index contributed by atoms with van der Waals surface area (Å²) in [7, 11) is 0. The second-order valence-electron chi connectivity index (χ2n) is 6.32. The van der Waals surface area contributed by atoms with Crippen LogP contribution in [0, 0.1) is 6.92 Å². The van der Waals surface area contributed by atoms with Gasteiger partial charge in [-0.2, -0.15) is 0 Å². The van der Waals surface area contributed by atoms with Crippen molar-refractivity contribution in [2.45, 2.75) is 46.6 Å². The Morgan fingerprint density at radius 1 is 1.31 bits per heavy atom.